The molecule has 1 aliphatic heterocycles. The summed E-state index contributed by atoms with van der Waals surface area (Å²) in [5.74, 6) is -0.125. The molecule has 0 saturated carbocycles. The Kier molecular flexibility index (Phi) is 3.35. The summed E-state index contributed by atoms with van der Waals surface area (Å²) in [6.07, 6.45) is 0. The molecule has 1 heterocycles. The summed E-state index contributed by atoms with van der Waals surface area (Å²) in [4.78, 5) is 12.5. The zero-order chi connectivity index (χ0) is 15.0. The second-order valence-corrected chi connectivity index (χ2v) is 5.72. The fourth-order valence-corrected chi connectivity index (χ4v) is 2.75. The Balaban J connectivity index is 2.11. The molecule has 0 radical (unpaired) electrons. The van der Waals surface area contributed by atoms with Gasteiger partial charge in [-0.2, -0.15) is 0 Å². The summed E-state index contributed by atoms with van der Waals surface area (Å²) < 4.78 is 0. The van der Waals surface area contributed by atoms with Gasteiger partial charge in [-0.1, -0.05) is 41.9 Å². The SMILES string of the molecule is CN1NC(C)(c2ccccc2)Nc2ccc(Cl)cc2C1=O. The van der Waals surface area contributed by atoms with Crippen LogP contribution >= 0.6 is 11.6 Å². The minimum atomic E-state index is -0.593. The van der Waals surface area contributed by atoms with E-state index in [4.69, 9.17) is 11.6 Å². The molecule has 0 aromatic heterocycles. The predicted octanol–water partition coefficient (Wildman–Crippen LogP) is 3.22. The summed E-state index contributed by atoms with van der Waals surface area (Å²) in [6, 6.07) is 15.2. The van der Waals surface area contributed by atoms with Crippen molar-refractivity contribution in [1.29, 1.82) is 0 Å². The van der Waals surface area contributed by atoms with Crippen molar-refractivity contribution in [3.05, 3.63) is 64.7 Å². The van der Waals surface area contributed by atoms with Crippen molar-refractivity contribution in [1.82, 2.24) is 10.4 Å². The number of anilines is 1. The number of carbonyl (C=O) groups excluding carboxylic acids is 1. The van der Waals surface area contributed by atoms with Crippen molar-refractivity contribution >= 4 is 23.2 Å². The number of nitrogens with zero attached hydrogens (tertiary/aromatic N) is 1. The van der Waals surface area contributed by atoms with Gasteiger partial charge in [0.2, 0.25) is 0 Å². The molecule has 1 atom stereocenters. The highest BCUT2D eigenvalue weighted by atomic mass is 35.5. The van der Waals surface area contributed by atoms with Crippen LogP contribution in [0.2, 0.25) is 5.02 Å². The zero-order valence-electron chi connectivity index (χ0n) is 11.9. The van der Waals surface area contributed by atoms with E-state index < -0.39 is 5.66 Å². The van der Waals surface area contributed by atoms with Gasteiger partial charge in [-0.3, -0.25) is 9.80 Å². The first-order chi connectivity index (χ1) is 9.99. The van der Waals surface area contributed by atoms with Crippen LogP contribution in [0.1, 0.15) is 22.8 Å². The lowest BCUT2D eigenvalue weighted by molar-refractivity contribution is 0.0649. The smallest absolute Gasteiger partial charge is 0.269 e. The van der Waals surface area contributed by atoms with E-state index >= 15 is 0 Å². The van der Waals surface area contributed by atoms with E-state index in [-0.39, 0.29) is 5.91 Å². The van der Waals surface area contributed by atoms with Crippen LogP contribution in [0.5, 0.6) is 0 Å². The lowest BCUT2D eigenvalue weighted by Crippen LogP contribution is -2.53. The van der Waals surface area contributed by atoms with E-state index in [1.807, 2.05) is 43.3 Å². The van der Waals surface area contributed by atoms with Crippen molar-refractivity contribution < 1.29 is 4.79 Å². The number of hydrogen-bond donors (Lipinski definition) is 2. The van der Waals surface area contributed by atoms with Gasteiger partial charge in [-0.25, -0.2) is 5.43 Å². The Labute approximate surface area is 128 Å². The van der Waals surface area contributed by atoms with Crippen LogP contribution in [0.25, 0.3) is 0 Å². The number of hydrazine groups is 1. The normalized spacial score (nSPS) is 21.5. The molecule has 0 aliphatic carbocycles. The van der Waals surface area contributed by atoms with Gasteiger partial charge in [-0.05, 0) is 30.7 Å². The topological polar surface area (TPSA) is 44.4 Å². The zero-order valence-corrected chi connectivity index (χ0v) is 12.6. The lowest BCUT2D eigenvalue weighted by Gasteiger charge is -2.34. The summed E-state index contributed by atoms with van der Waals surface area (Å²) in [7, 11) is 1.71. The van der Waals surface area contributed by atoms with Gasteiger partial charge in [-0.15, -0.1) is 0 Å². The molecule has 3 rings (SSSR count). The summed E-state index contributed by atoms with van der Waals surface area (Å²) in [5.41, 5.74) is 4.97. The Bertz CT molecular complexity index is 689. The number of rotatable bonds is 1. The van der Waals surface area contributed by atoms with Gasteiger partial charge in [0.05, 0.1) is 5.56 Å². The van der Waals surface area contributed by atoms with Crippen LogP contribution in [0, 0.1) is 0 Å². The second-order valence-electron chi connectivity index (χ2n) is 5.28. The van der Waals surface area contributed by atoms with Gasteiger partial charge < -0.3 is 5.32 Å². The maximum absolute atomic E-state index is 12.5. The molecule has 0 spiro atoms. The van der Waals surface area contributed by atoms with Crippen molar-refractivity contribution in [2.75, 3.05) is 12.4 Å². The van der Waals surface area contributed by atoms with Crippen molar-refractivity contribution in [3.63, 3.8) is 0 Å². The number of hydrogen-bond acceptors (Lipinski definition) is 3. The van der Waals surface area contributed by atoms with Crippen molar-refractivity contribution in [2.24, 2.45) is 0 Å². The number of carbonyl (C=O) groups is 1. The number of halogens is 1. The molecule has 5 heteroatoms. The van der Waals surface area contributed by atoms with Crippen LogP contribution in [-0.4, -0.2) is 18.0 Å². The first kappa shape index (κ1) is 13.9. The molecular formula is C16H16ClN3O. The fraction of sp³-hybridized carbons (Fsp3) is 0.188. The van der Waals surface area contributed by atoms with E-state index in [9.17, 15) is 4.79 Å². The third-order valence-electron chi connectivity index (χ3n) is 3.64. The van der Waals surface area contributed by atoms with Gasteiger partial charge in [0.15, 0.2) is 0 Å². The molecule has 2 aromatic rings. The van der Waals surface area contributed by atoms with E-state index in [1.54, 1.807) is 19.2 Å². The van der Waals surface area contributed by atoms with Crippen LogP contribution < -0.4 is 10.7 Å². The Hall–Kier alpha value is -2.04. The quantitative estimate of drug-likeness (QED) is 0.850. The van der Waals surface area contributed by atoms with Crippen molar-refractivity contribution in [2.45, 2.75) is 12.6 Å². The highest BCUT2D eigenvalue weighted by Crippen LogP contribution is 2.31. The van der Waals surface area contributed by atoms with Gasteiger partial charge in [0.25, 0.3) is 5.91 Å². The summed E-state index contributed by atoms with van der Waals surface area (Å²) >= 11 is 6.01. The highest BCUT2D eigenvalue weighted by molar-refractivity contribution is 6.31. The van der Waals surface area contributed by atoms with Crippen LogP contribution in [0.15, 0.2) is 48.5 Å². The highest BCUT2D eigenvalue weighted by Gasteiger charge is 2.34. The molecule has 108 valence electrons. The van der Waals surface area contributed by atoms with E-state index in [2.05, 4.69) is 10.7 Å². The summed E-state index contributed by atoms with van der Waals surface area (Å²) in [5, 5.41) is 5.44. The molecule has 0 fully saturated rings. The Morgan fingerprint density at radius 2 is 1.86 bits per heavy atom. The second kappa shape index (κ2) is 5.06. The monoisotopic (exact) mass is 301 g/mol. The van der Waals surface area contributed by atoms with Crippen molar-refractivity contribution in [3.8, 4) is 0 Å². The van der Waals surface area contributed by atoms with Crippen LogP contribution in [0.3, 0.4) is 0 Å². The molecule has 0 bridgehead atoms. The van der Waals surface area contributed by atoms with E-state index in [1.165, 1.54) is 5.01 Å². The van der Waals surface area contributed by atoms with Crippen LogP contribution in [0.4, 0.5) is 5.69 Å². The lowest BCUT2D eigenvalue weighted by atomic mass is 10.0. The first-order valence-electron chi connectivity index (χ1n) is 6.69. The molecule has 21 heavy (non-hydrogen) atoms. The standard InChI is InChI=1S/C16H16ClN3O/c1-16(11-6-4-3-5-7-11)18-14-9-8-12(17)10-13(14)15(21)20(2)19-16/h3-10,18-19H,1-2H3. The molecule has 1 aliphatic rings. The largest absolute Gasteiger partial charge is 0.362 e. The molecule has 1 unspecified atom stereocenters. The maximum Gasteiger partial charge on any atom is 0.269 e. The Morgan fingerprint density at radius 3 is 2.57 bits per heavy atom. The Morgan fingerprint density at radius 1 is 1.14 bits per heavy atom. The minimum absolute atomic E-state index is 0.125. The third-order valence-corrected chi connectivity index (χ3v) is 3.88. The molecule has 1 amide bonds. The molecular weight excluding hydrogens is 286 g/mol. The third kappa shape index (κ3) is 2.48. The maximum atomic E-state index is 12.5. The molecule has 2 aromatic carbocycles. The average Bonchev–Trinajstić information content (AvgIpc) is 2.57. The molecule has 4 nitrogen and oxygen atoms in total. The number of amides is 1. The predicted molar refractivity (Wildman–Crippen MR) is 84.1 cm³/mol. The fourth-order valence-electron chi connectivity index (χ4n) is 2.57. The summed E-state index contributed by atoms with van der Waals surface area (Å²) in [6.45, 7) is 2.00. The minimum Gasteiger partial charge on any atom is -0.362 e. The average molecular weight is 302 g/mol. The number of fused-ring (bicyclic) bond motifs is 1. The number of benzene rings is 2. The van der Waals surface area contributed by atoms with Gasteiger partial charge in [0, 0.05) is 17.8 Å². The molecule has 2 N–H and O–H groups in total. The van der Waals surface area contributed by atoms with Gasteiger partial charge >= 0.3 is 0 Å². The first-order valence-corrected chi connectivity index (χ1v) is 7.06. The molecule has 0 saturated heterocycles. The van der Waals surface area contributed by atoms with E-state index in [0.29, 0.717) is 10.6 Å². The van der Waals surface area contributed by atoms with Crippen LogP contribution in [-0.2, 0) is 5.66 Å². The van der Waals surface area contributed by atoms with E-state index in [0.717, 1.165) is 11.3 Å². The van der Waals surface area contributed by atoms with Gasteiger partial charge in [0.1, 0.15) is 5.66 Å². The number of nitrogens with one attached hydrogen (secondary N) is 2.